The minimum Gasteiger partial charge on any atom is -0.366 e. The fourth-order valence-electron chi connectivity index (χ4n) is 3.28. The van der Waals surface area contributed by atoms with E-state index in [0.29, 0.717) is 27.2 Å². The van der Waals surface area contributed by atoms with Gasteiger partial charge in [-0.05, 0) is 36.4 Å². The summed E-state index contributed by atoms with van der Waals surface area (Å²) in [6, 6.07) is 17.5. The molecule has 6 heteroatoms. The Morgan fingerprint density at radius 3 is 2.38 bits per heavy atom. The predicted molar refractivity (Wildman–Crippen MR) is 107 cm³/mol. The quantitative estimate of drug-likeness (QED) is 0.469. The van der Waals surface area contributed by atoms with Gasteiger partial charge in [-0.1, -0.05) is 53.0 Å². The Bertz CT molecular complexity index is 1160. The highest BCUT2D eigenvalue weighted by Crippen LogP contribution is 2.37. The van der Waals surface area contributed by atoms with Gasteiger partial charge in [0.2, 0.25) is 5.91 Å². The van der Waals surface area contributed by atoms with Crippen molar-refractivity contribution in [2.45, 2.75) is 6.54 Å². The van der Waals surface area contributed by atoms with Gasteiger partial charge in [0.15, 0.2) is 0 Å². The molecule has 0 atom stereocenters. The van der Waals surface area contributed by atoms with Crippen molar-refractivity contribution in [2.75, 3.05) is 0 Å². The average molecular weight is 403 g/mol. The number of amides is 1. The molecule has 26 heavy (non-hydrogen) atoms. The number of hydrogen-bond donors (Lipinski definition) is 1. The molecular weight excluding hydrogens is 391 g/mol. The number of nitrogens with two attached hydrogens (primary N) is 1. The van der Waals surface area contributed by atoms with Crippen LogP contribution in [0.5, 0.6) is 0 Å². The SMILES string of the molecule is NC(=O)c1cccc2c1c1[c]ccc(Cl)c1n2Cc1c(Cl)cccc1Cl. The molecule has 0 aliphatic carbocycles. The fraction of sp³-hybridized carbons (Fsp3) is 0.0500. The van der Waals surface area contributed by atoms with Gasteiger partial charge in [-0.25, -0.2) is 0 Å². The molecule has 1 heterocycles. The molecule has 1 amide bonds. The van der Waals surface area contributed by atoms with Gasteiger partial charge < -0.3 is 10.3 Å². The highest BCUT2D eigenvalue weighted by Gasteiger charge is 2.19. The van der Waals surface area contributed by atoms with Crippen LogP contribution in [-0.2, 0) is 6.54 Å². The number of hydrogen-bond acceptors (Lipinski definition) is 1. The second kappa shape index (κ2) is 6.51. The summed E-state index contributed by atoms with van der Waals surface area (Å²) in [4.78, 5) is 11.9. The second-order valence-electron chi connectivity index (χ2n) is 5.90. The number of rotatable bonds is 3. The molecule has 3 nitrogen and oxygen atoms in total. The molecule has 0 bridgehead atoms. The maximum Gasteiger partial charge on any atom is 0.249 e. The van der Waals surface area contributed by atoms with E-state index in [1.807, 2.05) is 10.6 Å². The first kappa shape index (κ1) is 17.2. The number of carbonyl (C=O) groups excluding carboxylic acids is 1. The first-order chi connectivity index (χ1) is 12.5. The van der Waals surface area contributed by atoms with Crippen LogP contribution in [0.3, 0.4) is 0 Å². The van der Waals surface area contributed by atoms with Gasteiger partial charge in [-0.15, -0.1) is 0 Å². The number of benzene rings is 3. The van der Waals surface area contributed by atoms with E-state index in [4.69, 9.17) is 40.5 Å². The summed E-state index contributed by atoms with van der Waals surface area (Å²) in [5.41, 5.74) is 8.36. The van der Waals surface area contributed by atoms with E-state index in [1.165, 1.54) is 0 Å². The third-order valence-electron chi connectivity index (χ3n) is 4.42. The van der Waals surface area contributed by atoms with Crippen LogP contribution in [-0.4, -0.2) is 10.5 Å². The normalized spacial score (nSPS) is 11.3. The Hall–Kier alpha value is -2.20. The Morgan fingerprint density at radius 2 is 1.69 bits per heavy atom. The summed E-state index contributed by atoms with van der Waals surface area (Å²) in [6.45, 7) is 0.401. The topological polar surface area (TPSA) is 48.0 Å². The van der Waals surface area contributed by atoms with Gasteiger partial charge in [0.25, 0.3) is 0 Å². The van der Waals surface area contributed by atoms with Gasteiger partial charge >= 0.3 is 0 Å². The first-order valence-electron chi connectivity index (χ1n) is 7.83. The van der Waals surface area contributed by atoms with E-state index in [-0.39, 0.29) is 0 Å². The molecule has 3 aromatic carbocycles. The van der Waals surface area contributed by atoms with Crippen molar-refractivity contribution in [3.8, 4) is 0 Å². The van der Waals surface area contributed by atoms with Crippen molar-refractivity contribution < 1.29 is 4.79 Å². The van der Waals surface area contributed by atoms with Crippen molar-refractivity contribution in [2.24, 2.45) is 5.73 Å². The van der Waals surface area contributed by atoms with E-state index in [1.54, 1.807) is 42.5 Å². The lowest BCUT2D eigenvalue weighted by molar-refractivity contribution is 0.100. The average Bonchev–Trinajstić information content (AvgIpc) is 2.93. The summed E-state index contributed by atoms with van der Waals surface area (Å²) >= 11 is 19.2. The third kappa shape index (κ3) is 2.64. The number of aromatic nitrogens is 1. The molecule has 0 saturated carbocycles. The number of fused-ring (bicyclic) bond motifs is 3. The van der Waals surface area contributed by atoms with E-state index >= 15 is 0 Å². The van der Waals surface area contributed by atoms with Crippen LogP contribution in [0.15, 0.2) is 48.5 Å². The van der Waals surface area contributed by atoms with E-state index in [0.717, 1.165) is 27.4 Å². The lowest BCUT2D eigenvalue weighted by atomic mass is 10.1. The first-order valence-corrected chi connectivity index (χ1v) is 8.96. The minimum absolute atomic E-state index is 0.401. The maximum absolute atomic E-state index is 11.9. The molecule has 1 radical (unpaired) electrons. The van der Waals surface area contributed by atoms with E-state index in [2.05, 4.69) is 6.07 Å². The molecule has 4 aromatic rings. The van der Waals surface area contributed by atoms with Crippen molar-refractivity contribution in [3.05, 3.63) is 80.8 Å². The zero-order valence-corrected chi connectivity index (χ0v) is 15.7. The molecule has 2 N–H and O–H groups in total. The Morgan fingerprint density at radius 1 is 1.00 bits per heavy atom. The third-order valence-corrected chi connectivity index (χ3v) is 5.43. The Kier molecular flexibility index (Phi) is 4.31. The van der Waals surface area contributed by atoms with Crippen LogP contribution in [0.1, 0.15) is 15.9 Å². The Labute approximate surface area is 164 Å². The maximum atomic E-state index is 11.9. The van der Waals surface area contributed by atoms with Crippen molar-refractivity contribution in [3.63, 3.8) is 0 Å². The molecule has 0 fully saturated rings. The van der Waals surface area contributed by atoms with Gasteiger partial charge in [0.05, 0.1) is 22.6 Å². The largest absolute Gasteiger partial charge is 0.366 e. The van der Waals surface area contributed by atoms with Gasteiger partial charge in [0, 0.05) is 31.9 Å². The van der Waals surface area contributed by atoms with E-state index < -0.39 is 5.91 Å². The zero-order valence-electron chi connectivity index (χ0n) is 13.4. The molecule has 4 rings (SSSR count). The van der Waals surface area contributed by atoms with Crippen molar-refractivity contribution in [1.29, 1.82) is 0 Å². The van der Waals surface area contributed by atoms with Crippen LogP contribution in [0, 0.1) is 6.07 Å². The highest BCUT2D eigenvalue weighted by atomic mass is 35.5. The Balaban J connectivity index is 2.11. The molecular formula is C20H12Cl3N2O. The van der Waals surface area contributed by atoms with E-state index in [9.17, 15) is 4.79 Å². The van der Waals surface area contributed by atoms with Gasteiger partial charge in [-0.2, -0.15) is 0 Å². The summed E-state index contributed by atoms with van der Waals surface area (Å²) < 4.78 is 1.99. The number of nitrogens with zero attached hydrogens (tertiary/aromatic N) is 1. The molecule has 129 valence electrons. The summed E-state index contributed by atoms with van der Waals surface area (Å²) in [7, 11) is 0. The zero-order chi connectivity index (χ0) is 18.4. The summed E-state index contributed by atoms with van der Waals surface area (Å²) in [5.74, 6) is -0.501. The van der Waals surface area contributed by atoms with Crippen LogP contribution in [0.2, 0.25) is 15.1 Å². The van der Waals surface area contributed by atoms with Crippen LogP contribution < -0.4 is 5.73 Å². The lowest BCUT2D eigenvalue weighted by Crippen LogP contribution is -2.11. The summed E-state index contributed by atoms with van der Waals surface area (Å²) in [6.07, 6.45) is 0. The molecule has 0 unspecified atom stereocenters. The number of halogens is 3. The molecule has 0 aliphatic rings. The van der Waals surface area contributed by atoms with Crippen molar-refractivity contribution in [1.82, 2.24) is 4.57 Å². The smallest absolute Gasteiger partial charge is 0.249 e. The van der Waals surface area contributed by atoms with Crippen molar-refractivity contribution >= 4 is 62.5 Å². The predicted octanol–water partition coefficient (Wildman–Crippen LogP) is 5.70. The van der Waals surface area contributed by atoms with Gasteiger partial charge in [0.1, 0.15) is 0 Å². The number of carbonyl (C=O) groups is 1. The minimum atomic E-state index is -0.501. The second-order valence-corrected chi connectivity index (χ2v) is 7.12. The summed E-state index contributed by atoms with van der Waals surface area (Å²) in [5, 5.41) is 3.14. The highest BCUT2D eigenvalue weighted by molar-refractivity contribution is 6.37. The number of primary amides is 1. The van der Waals surface area contributed by atoms with Crippen LogP contribution >= 0.6 is 34.8 Å². The monoisotopic (exact) mass is 401 g/mol. The molecule has 0 spiro atoms. The molecule has 1 aromatic heterocycles. The molecule has 0 saturated heterocycles. The molecule has 0 aliphatic heterocycles. The standard InChI is InChI=1S/C20H12Cl3N2O/c21-14-6-3-7-15(22)13(14)10-25-17-9-2-5-12(20(24)26)18(17)11-4-1-8-16(23)19(11)25/h1-3,5-9H,10H2,(H2,24,26). The fourth-order valence-corrected chi connectivity index (χ4v) is 4.06. The van der Waals surface area contributed by atoms with Crippen LogP contribution in [0.25, 0.3) is 21.8 Å². The van der Waals surface area contributed by atoms with Gasteiger partial charge in [-0.3, -0.25) is 4.79 Å². The lowest BCUT2D eigenvalue weighted by Gasteiger charge is -2.12. The van der Waals surface area contributed by atoms with Crippen LogP contribution in [0.4, 0.5) is 0 Å².